The standard InChI is InChI=1S/C29H32Cl2N4O5/c1-29(2,3)24(28(39)32-4)34-26(37)22(12-16-9-10-17-7-5-6-8-18(17)11-16)23(27(38)35-40)33-25(36)19-13-20(30)15-21(31)14-19/h5-11,13-15,22-24,40H,12H2,1-4H3,(H,32,39)(H,33,36)(H,34,37)(H,35,38)/t22-,23+,24-/m1/s1. The van der Waals surface area contributed by atoms with E-state index in [-0.39, 0.29) is 22.0 Å². The van der Waals surface area contributed by atoms with E-state index in [1.54, 1.807) is 26.3 Å². The van der Waals surface area contributed by atoms with Gasteiger partial charge in [-0.05, 0) is 46.4 Å². The molecule has 3 aromatic carbocycles. The fraction of sp³-hybridized carbons (Fsp3) is 0.310. The zero-order chi connectivity index (χ0) is 29.6. The molecule has 0 aromatic heterocycles. The molecule has 0 aliphatic heterocycles. The Balaban J connectivity index is 2.05. The molecule has 0 aliphatic rings. The summed E-state index contributed by atoms with van der Waals surface area (Å²) in [5.74, 6) is -4.09. The lowest BCUT2D eigenvalue weighted by Crippen LogP contribution is -2.59. The monoisotopic (exact) mass is 586 g/mol. The van der Waals surface area contributed by atoms with Crippen LogP contribution in [-0.4, -0.2) is 48.0 Å². The molecule has 11 heteroatoms. The van der Waals surface area contributed by atoms with Crippen molar-refractivity contribution in [2.24, 2.45) is 11.3 Å². The van der Waals surface area contributed by atoms with Crippen LogP contribution in [0.5, 0.6) is 0 Å². The number of nitrogens with one attached hydrogen (secondary N) is 4. The average Bonchev–Trinajstić information content (AvgIpc) is 2.91. The lowest BCUT2D eigenvalue weighted by atomic mass is 9.84. The molecule has 0 saturated heterocycles. The van der Waals surface area contributed by atoms with Crippen molar-refractivity contribution in [3.63, 3.8) is 0 Å². The third-order valence-electron chi connectivity index (χ3n) is 6.47. The summed E-state index contributed by atoms with van der Waals surface area (Å²) in [6, 6.07) is 14.9. The Morgan fingerprint density at radius 2 is 1.45 bits per heavy atom. The van der Waals surface area contributed by atoms with E-state index in [0.717, 1.165) is 10.8 Å². The van der Waals surface area contributed by atoms with Crippen LogP contribution in [0.25, 0.3) is 10.8 Å². The number of rotatable bonds is 9. The van der Waals surface area contributed by atoms with Crippen LogP contribution in [0.2, 0.25) is 10.0 Å². The summed E-state index contributed by atoms with van der Waals surface area (Å²) in [6.07, 6.45) is -0.00402. The quantitative estimate of drug-likeness (QED) is 0.191. The lowest BCUT2D eigenvalue weighted by molar-refractivity contribution is -0.139. The fourth-order valence-electron chi connectivity index (χ4n) is 4.38. The van der Waals surface area contributed by atoms with Crippen molar-refractivity contribution in [2.45, 2.75) is 39.3 Å². The van der Waals surface area contributed by atoms with Gasteiger partial charge in [-0.25, -0.2) is 5.48 Å². The van der Waals surface area contributed by atoms with Crippen LogP contribution < -0.4 is 21.4 Å². The molecule has 212 valence electrons. The van der Waals surface area contributed by atoms with E-state index in [4.69, 9.17) is 23.2 Å². The fourth-order valence-corrected chi connectivity index (χ4v) is 4.90. The highest BCUT2D eigenvalue weighted by Crippen LogP contribution is 2.24. The van der Waals surface area contributed by atoms with Gasteiger partial charge in [0.15, 0.2) is 0 Å². The normalized spacial score (nSPS) is 13.6. The van der Waals surface area contributed by atoms with Gasteiger partial charge in [0.25, 0.3) is 11.8 Å². The third-order valence-corrected chi connectivity index (χ3v) is 6.91. The molecule has 40 heavy (non-hydrogen) atoms. The maximum Gasteiger partial charge on any atom is 0.266 e. The van der Waals surface area contributed by atoms with Crippen molar-refractivity contribution >= 4 is 57.6 Å². The molecule has 0 unspecified atom stereocenters. The zero-order valence-electron chi connectivity index (χ0n) is 22.5. The topological polar surface area (TPSA) is 137 Å². The van der Waals surface area contributed by atoms with E-state index in [1.165, 1.54) is 25.2 Å². The van der Waals surface area contributed by atoms with E-state index in [1.807, 2.05) is 42.5 Å². The second-order valence-electron chi connectivity index (χ2n) is 10.5. The molecule has 3 aromatic rings. The first-order valence-electron chi connectivity index (χ1n) is 12.5. The van der Waals surface area contributed by atoms with Gasteiger partial charge in [-0.3, -0.25) is 24.4 Å². The van der Waals surface area contributed by atoms with Crippen LogP contribution in [0.4, 0.5) is 0 Å². The van der Waals surface area contributed by atoms with Gasteiger partial charge >= 0.3 is 0 Å². The van der Waals surface area contributed by atoms with E-state index >= 15 is 0 Å². The Morgan fingerprint density at radius 3 is 2.02 bits per heavy atom. The van der Waals surface area contributed by atoms with Crippen LogP contribution in [0.15, 0.2) is 60.7 Å². The first-order valence-corrected chi connectivity index (χ1v) is 13.3. The number of benzene rings is 3. The molecular weight excluding hydrogens is 555 g/mol. The van der Waals surface area contributed by atoms with Crippen LogP contribution in [0.1, 0.15) is 36.7 Å². The summed E-state index contributed by atoms with van der Waals surface area (Å²) in [4.78, 5) is 52.6. The molecule has 5 N–H and O–H groups in total. The first kappa shape index (κ1) is 30.9. The summed E-state index contributed by atoms with van der Waals surface area (Å²) >= 11 is 12.1. The van der Waals surface area contributed by atoms with Gasteiger partial charge < -0.3 is 16.0 Å². The number of carbonyl (C=O) groups excluding carboxylic acids is 4. The van der Waals surface area contributed by atoms with Gasteiger partial charge in [-0.15, -0.1) is 0 Å². The molecule has 0 aliphatic carbocycles. The molecule has 0 bridgehead atoms. The van der Waals surface area contributed by atoms with Crippen molar-refractivity contribution in [1.29, 1.82) is 0 Å². The van der Waals surface area contributed by atoms with Crippen molar-refractivity contribution in [3.05, 3.63) is 81.8 Å². The molecule has 0 heterocycles. The second kappa shape index (κ2) is 13.1. The summed E-state index contributed by atoms with van der Waals surface area (Å²) in [5.41, 5.74) is 1.61. The number of hydroxylamine groups is 1. The molecular formula is C29H32Cl2N4O5. The van der Waals surface area contributed by atoms with Crippen LogP contribution >= 0.6 is 23.2 Å². The Kier molecular flexibility index (Phi) is 10.1. The number of carbonyl (C=O) groups is 4. The van der Waals surface area contributed by atoms with Crippen LogP contribution in [-0.2, 0) is 20.8 Å². The highest BCUT2D eigenvalue weighted by atomic mass is 35.5. The lowest BCUT2D eigenvalue weighted by Gasteiger charge is -2.33. The average molecular weight is 588 g/mol. The van der Waals surface area contributed by atoms with Gasteiger partial charge in [0.05, 0.1) is 5.92 Å². The summed E-state index contributed by atoms with van der Waals surface area (Å²) in [6.45, 7) is 5.36. The number of amides is 4. The van der Waals surface area contributed by atoms with E-state index < -0.39 is 47.0 Å². The van der Waals surface area contributed by atoms with E-state index in [2.05, 4.69) is 16.0 Å². The van der Waals surface area contributed by atoms with Gasteiger partial charge in [0, 0.05) is 22.7 Å². The van der Waals surface area contributed by atoms with Gasteiger partial charge in [-0.1, -0.05) is 86.4 Å². The molecule has 0 saturated carbocycles. The predicted molar refractivity (Wildman–Crippen MR) is 154 cm³/mol. The van der Waals surface area contributed by atoms with Gasteiger partial charge in [-0.2, -0.15) is 0 Å². The Morgan fingerprint density at radius 1 is 0.825 bits per heavy atom. The second-order valence-corrected chi connectivity index (χ2v) is 11.4. The molecule has 9 nitrogen and oxygen atoms in total. The maximum absolute atomic E-state index is 13.8. The highest BCUT2D eigenvalue weighted by Gasteiger charge is 2.39. The number of hydrogen-bond acceptors (Lipinski definition) is 5. The van der Waals surface area contributed by atoms with Crippen LogP contribution in [0.3, 0.4) is 0 Å². The van der Waals surface area contributed by atoms with E-state index in [0.29, 0.717) is 5.56 Å². The Hall–Kier alpha value is -3.66. The van der Waals surface area contributed by atoms with Crippen LogP contribution in [0, 0.1) is 11.3 Å². The minimum Gasteiger partial charge on any atom is -0.357 e. The summed E-state index contributed by atoms with van der Waals surface area (Å²) in [5, 5.41) is 19.7. The Bertz CT molecular complexity index is 1400. The first-order chi connectivity index (χ1) is 18.8. The van der Waals surface area contributed by atoms with Gasteiger partial charge in [0.2, 0.25) is 11.8 Å². The highest BCUT2D eigenvalue weighted by molar-refractivity contribution is 6.35. The number of hydrogen-bond donors (Lipinski definition) is 5. The smallest absolute Gasteiger partial charge is 0.266 e. The number of halogens is 2. The molecule has 3 atom stereocenters. The summed E-state index contributed by atoms with van der Waals surface area (Å²) < 4.78 is 0. The van der Waals surface area contributed by atoms with Crippen molar-refractivity contribution < 1.29 is 24.4 Å². The SMILES string of the molecule is CNC(=O)[C@@H](NC(=O)[C@H](Cc1ccc2ccccc2c1)[C@H](NC(=O)c1cc(Cl)cc(Cl)c1)C(=O)NO)C(C)(C)C. The summed E-state index contributed by atoms with van der Waals surface area (Å²) in [7, 11) is 1.46. The van der Waals surface area contributed by atoms with Crippen molar-refractivity contribution in [1.82, 2.24) is 21.4 Å². The molecule has 4 amide bonds. The molecule has 0 radical (unpaired) electrons. The van der Waals surface area contributed by atoms with Crippen molar-refractivity contribution in [3.8, 4) is 0 Å². The van der Waals surface area contributed by atoms with Crippen molar-refractivity contribution in [2.75, 3.05) is 7.05 Å². The number of likely N-dealkylation sites (N-methyl/N-ethyl adjacent to an activating group) is 1. The molecule has 0 fully saturated rings. The molecule has 0 spiro atoms. The van der Waals surface area contributed by atoms with Gasteiger partial charge in [0.1, 0.15) is 12.1 Å². The Labute approximate surface area is 242 Å². The third kappa shape index (κ3) is 7.71. The largest absolute Gasteiger partial charge is 0.357 e. The zero-order valence-corrected chi connectivity index (χ0v) is 24.1. The predicted octanol–water partition coefficient (Wildman–Crippen LogP) is 3.89. The minimum absolute atomic E-state index is 0.00402. The van der Waals surface area contributed by atoms with E-state index in [9.17, 15) is 24.4 Å². The maximum atomic E-state index is 13.8. The molecule has 3 rings (SSSR count). The minimum atomic E-state index is -1.54. The number of fused-ring (bicyclic) bond motifs is 1.